The lowest BCUT2D eigenvalue weighted by molar-refractivity contribution is -0.116. The number of thioether (sulfide) groups is 1. The Morgan fingerprint density at radius 3 is 3.09 bits per heavy atom. The van der Waals surface area contributed by atoms with Gasteiger partial charge in [-0.25, -0.2) is 9.37 Å². The van der Waals surface area contributed by atoms with E-state index in [9.17, 15) is 14.0 Å². The Balaban J connectivity index is 1.71. The third kappa shape index (κ3) is 3.00. The molecule has 0 aliphatic carbocycles. The van der Waals surface area contributed by atoms with Crippen LogP contribution in [0.1, 0.15) is 12.5 Å². The number of hydrogen-bond donors (Lipinski definition) is 1. The van der Waals surface area contributed by atoms with Crippen molar-refractivity contribution in [2.24, 2.45) is 0 Å². The third-order valence-corrected chi connectivity index (χ3v) is 4.64. The van der Waals surface area contributed by atoms with Gasteiger partial charge >= 0.3 is 0 Å². The number of aromatic nitrogens is 2. The zero-order valence-electron chi connectivity index (χ0n) is 11.3. The van der Waals surface area contributed by atoms with Crippen LogP contribution in [0.15, 0.2) is 40.4 Å². The second-order valence-electron chi connectivity index (χ2n) is 4.78. The summed E-state index contributed by atoms with van der Waals surface area (Å²) in [5, 5.41) is 3.22. The number of rotatable bonds is 3. The molecule has 114 valence electrons. The maximum Gasteiger partial charge on any atom is 0.254 e. The minimum absolute atomic E-state index is 0.0556. The first-order valence-electron chi connectivity index (χ1n) is 6.50. The highest BCUT2D eigenvalue weighted by Crippen LogP contribution is 2.31. The van der Waals surface area contributed by atoms with Crippen LogP contribution >= 0.6 is 23.4 Å². The summed E-state index contributed by atoms with van der Waals surface area (Å²) < 4.78 is 14.6. The monoisotopic (exact) mass is 339 g/mol. The molecular formula is C14H11ClFN3O2S. The van der Waals surface area contributed by atoms with Gasteiger partial charge in [-0.05, 0) is 18.2 Å². The molecule has 2 aromatic rings. The van der Waals surface area contributed by atoms with Gasteiger partial charge in [-0.1, -0.05) is 23.4 Å². The number of fused-ring (bicyclic) bond motifs is 1. The van der Waals surface area contributed by atoms with Crippen LogP contribution in [0.2, 0.25) is 5.02 Å². The fourth-order valence-corrected chi connectivity index (χ4v) is 3.54. The lowest BCUT2D eigenvalue weighted by Crippen LogP contribution is -2.26. The Kier molecular flexibility index (Phi) is 4.17. The summed E-state index contributed by atoms with van der Waals surface area (Å²) in [5.74, 6) is -0.195. The molecule has 1 N–H and O–H groups in total. The van der Waals surface area contributed by atoms with E-state index in [1.54, 1.807) is 0 Å². The van der Waals surface area contributed by atoms with Gasteiger partial charge in [0.2, 0.25) is 5.91 Å². The number of nitrogens with zero attached hydrogens (tertiary/aromatic N) is 2. The summed E-state index contributed by atoms with van der Waals surface area (Å²) in [6, 6.07) is 5.11. The van der Waals surface area contributed by atoms with Crippen molar-refractivity contribution < 1.29 is 9.18 Å². The van der Waals surface area contributed by atoms with Gasteiger partial charge in [0.1, 0.15) is 5.82 Å². The maximum atomic E-state index is 13.1. The molecule has 3 rings (SSSR count). The second-order valence-corrected chi connectivity index (χ2v) is 6.18. The molecule has 1 aromatic carbocycles. The van der Waals surface area contributed by atoms with Crippen molar-refractivity contribution in [2.45, 2.75) is 17.6 Å². The highest BCUT2D eigenvalue weighted by Gasteiger charge is 2.26. The SMILES string of the molecule is O=C(CC1CSc2nccc(=O)n21)Nc1ccc(F)c(Cl)c1. The van der Waals surface area contributed by atoms with E-state index >= 15 is 0 Å². The molecule has 0 saturated carbocycles. The van der Waals surface area contributed by atoms with Crippen LogP contribution < -0.4 is 10.9 Å². The van der Waals surface area contributed by atoms with Gasteiger partial charge in [0, 0.05) is 30.1 Å². The molecule has 1 aliphatic rings. The Morgan fingerprint density at radius 2 is 2.32 bits per heavy atom. The predicted octanol–water partition coefficient (Wildman–Crippen LogP) is 2.71. The van der Waals surface area contributed by atoms with E-state index < -0.39 is 5.82 Å². The van der Waals surface area contributed by atoms with Gasteiger partial charge in [0.05, 0.1) is 11.1 Å². The number of carbonyl (C=O) groups is 1. The molecular weight excluding hydrogens is 329 g/mol. The molecule has 22 heavy (non-hydrogen) atoms. The van der Waals surface area contributed by atoms with Crippen molar-refractivity contribution in [3.63, 3.8) is 0 Å². The Bertz CT molecular complexity index is 796. The number of halogens is 2. The fourth-order valence-electron chi connectivity index (χ4n) is 2.24. The van der Waals surface area contributed by atoms with Crippen molar-refractivity contribution in [1.29, 1.82) is 0 Å². The van der Waals surface area contributed by atoms with Crippen molar-refractivity contribution in [3.8, 4) is 0 Å². The molecule has 1 atom stereocenters. The molecule has 1 amide bonds. The lowest BCUT2D eigenvalue weighted by Gasteiger charge is -2.13. The van der Waals surface area contributed by atoms with Crippen molar-refractivity contribution in [1.82, 2.24) is 9.55 Å². The molecule has 1 unspecified atom stereocenters. The highest BCUT2D eigenvalue weighted by atomic mass is 35.5. The Labute approximate surface area is 134 Å². The largest absolute Gasteiger partial charge is 0.326 e. The van der Waals surface area contributed by atoms with Gasteiger partial charge in [0.25, 0.3) is 5.56 Å². The summed E-state index contributed by atoms with van der Waals surface area (Å²) in [7, 11) is 0. The second kappa shape index (κ2) is 6.10. The molecule has 2 heterocycles. The minimum atomic E-state index is -0.543. The lowest BCUT2D eigenvalue weighted by atomic mass is 10.2. The molecule has 1 aromatic heterocycles. The third-order valence-electron chi connectivity index (χ3n) is 3.24. The fraction of sp³-hybridized carbons (Fsp3) is 0.214. The normalized spacial score (nSPS) is 16.4. The van der Waals surface area contributed by atoms with E-state index in [0.29, 0.717) is 16.6 Å². The van der Waals surface area contributed by atoms with Gasteiger partial charge in [-0.3, -0.25) is 14.2 Å². The number of nitrogens with one attached hydrogen (secondary N) is 1. The van der Waals surface area contributed by atoms with Crippen molar-refractivity contribution in [3.05, 3.63) is 51.7 Å². The number of benzene rings is 1. The van der Waals surface area contributed by atoms with Gasteiger partial charge in [-0.15, -0.1) is 0 Å². The van der Waals surface area contributed by atoms with Crippen LogP contribution in [-0.4, -0.2) is 21.2 Å². The quantitative estimate of drug-likeness (QED) is 0.873. The predicted molar refractivity (Wildman–Crippen MR) is 82.9 cm³/mol. The summed E-state index contributed by atoms with van der Waals surface area (Å²) in [5.41, 5.74) is 0.249. The zero-order chi connectivity index (χ0) is 15.7. The molecule has 0 fully saturated rings. The number of amides is 1. The van der Waals surface area contributed by atoms with Crippen LogP contribution in [0.5, 0.6) is 0 Å². The smallest absolute Gasteiger partial charge is 0.254 e. The van der Waals surface area contributed by atoms with Gasteiger partial charge < -0.3 is 5.32 Å². The van der Waals surface area contributed by atoms with E-state index in [-0.39, 0.29) is 29.0 Å². The Hall–Kier alpha value is -1.86. The average molecular weight is 340 g/mol. The average Bonchev–Trinajstić information content (AvgIpc) is 2.87. The van der Waals surface area contributed by atoms with Crippen LogP contribution in [0.4, 0.5) is 10.1 Å². The standard InChI is InChI=1S/C14H11ClFN3O2S/c15-10-5-8(1-2-11(10)16)18-12(20)6-9-7-22-14-17-4-3-13(21)19(9)14/h1-5,9H,6-7H2,(H,18,20). The number of carbonyl (C=O) groups excluding carboxylic acids is 1. The highest BCUT2D eigenvalue weighted by molar-refractivity contribution is 7.99. The molecule has 8 heteroatoms. The van der Waals surface area contributed by atoms with E-state index in [1.807, 2.05) is 0 Å². The number of hydrogen-bond acceptors (Lipinski definition) is 4. The molecule has 0 spiro atoms. The van der Waals surface area contributed by atoms with E-state index in [4.69, 9.17) is 11.6 Å². The summed E-state index contributed by atoms with van der Waals surface area (Å²) >= 11 is 7.12. The Morgan fingerprint density at radius 1 is 1.50 bits per heavy atom. The van der Waals surface area contributed by atoms with Gasteiger partial charge in [-0.2, -0.15) is 0 Å². The maximum absolute atomic E-state index is 13.1. The van der Waals surface area contributed by atoms with Gasteiger partial charge in [0.15, 0.2) is 5.16 Å². The number of anilines is 1. The van der Waals surface area contributed by atoms with Crippen LogP contribution in [0.25, 0.3) is 0 Å². The summed E-state index contributed by atoms with van der Waals surface area (Å²) in [6.07, 6.45) is 1.60. The van der Waals surface area contributed by atoms with Crippen molar-refractivity contribution >= 4 is 35.0 Å². The first kappa shape index (κ1) is 15.1. The topological polar surface area (TPSA) is 64.0 Å². The van der Waals surface area contributed by atoms with Crippen LogP contribution in [-0.2, 0) is 4.79 Å². The first-order chi connectivity index (χ1) is 10.5. The molecule has 5 nitrogen and oxygen atoms in total. The molecule has 0 bridgehead atoms. The summed E-state index contributed by atoms with van der Waals surface area (Å²) in [6.45, 7) is 0. The molecule has 1 aliphatic heterocycles. The zero-order valence-corrected chi connectivity index (χ0v) is 12.8. The van der Waals surface area contributed by atoms with E-state index in [1.165, 1.54) is 46.8 Å². The van der Waals surface area contributed by atoms with Crippen molar-refractivity contribution in [2.75, 3.05) is 11.1 Å². The first-order valence-corrected chi connectivity index (χ1v) is 7.86. The van der Waals surface area contributed by atoms with Crippen LogP contribution in [0, 0.1) is 5.82 Å². The van der Waals surface area contributed by atoms with E-state index in [0.717, 1.165) is 0 Å². The summed E-state index contributed by atoms with van der Waals surface area (Å²) in [4.78, 5) is 28.1. The molecule has 0 radical (unpaired) electrons. The minimum Gasteiger partial charge on any atom is -0.326 e. The van der Waals surface area contributed by atoms with E-state index in [2.05, 4.69) is 10.3 Å². The van der Waals surface area contributed by atoms with Crippen LogP contribution in [0.3, 0.4) is 0 Å². The molecule has 0 saturated heterocycles.